The molecule has 116 valence electrons. The molecule has 0 spiro atoms. The summed E-state index contributed by atoms with van der Waals surface area (Å²) < 4.78 is 1.76. The molecule has 0 saturated carbocycles. The highest BCUT2D eigenvalue weighted by Crippen LogP contribution is 2.24. The number of hydrogen-bond donors (Lipinski definition) is 2. The van der Waals surface area contributed by atoms with Crippen molar-refractivity contribution >= 4 is 11.5 Å². The maximum absolute atomic E-state index is 7.80. The Balaban J connectivity index is 2.01. The van der Waals surface area contributed by atoms with Gasteiger partial charge in [0, 0.05) is 11.1 Å². The first-order chi connectivity index (χ1) is 11.7. The Morgan fingerprint density at radius 1 is 0.833 bits per heavy atom. The van der Waals surface area contributed by atoms with E-state index in [-0.39, 0.29) is 5.84 Å². The first-order valence-corrected chi connectivity index (χ1v) is 7.59. The quantitative estimate of drug-likeness (QED) is 0.449. The van der Waals surface area contributed by atoms with Gasteiger partial charge in [0.2, 0.25) is 0 Å². The number of fused-ring (bicyclic) bond motifs is 1. The van der Waals surface area contributed by atoms with Gasteiger partial charge in [-0.05, 0) is 12.1 Å². The number of rotatable bonds is 3. The minimum absolute atomic E-state index is 0.0216. The molecule has 0 aliphatic rings. The molecule has 0 atom stereocenters. The molecule has 0 bridgehead atoms. The largest absolute Gasteiger partial charge is 0.384 e. The Labute approximate surface area is 138 Å². The predicted octanol–water partition coefficient (Wildman–Crippen LogP) is 3.35. The molecule has 4 rings (SSSR count). The molecule has 5 heteroatoms. The van der Waals surface area contributed by atoms with E-state index in [0.29, 0.717) is 17.0 Å². The number of nitrogens with two attached hydrogens (primary N) is 1. The summed E-state index contributed by atoms with van der Waals surface area (Å²) >= 11 is 0. The number of aromatic nitrogens is 3. The molecule has 0 unspecified atom stereocenters. The zero-order valence-electron chi connectivity index (χ0n) is 12.8. The SMILES string of the molecule is N=C(N)c1ccc(-c2ccccc2)n2nc(-c3ccccc3)nc12. The lowest BCUT2D eigenvalue weighted by atomic mass is 10.1. The Kier molecular flexibility index (Phi) is 3.31. The smallest absolute Gasteiger partial charge is 0.182 e. The topological polar surface area (TPSA) is 80.1 Å². The Hall–Kier alpha value is -3.47. The van der Waals surface area contributed by atoms with Gasteiger partial charge in [-0.2, -0.15) is 0 Å². The van der Waals surface area contributed by atoms with E-state index < -0.39 is 0 Å². The van der Waals surface area contributed by atoms with Crippen LogP contribution < -0.4 is 5.73 Å². The number of nitrogens with one attached hydrogen (secondary N) is 1. The van der Waals surface area contributed by atoms with Crippen molar-refractivity contribution in [1.82, 2.24) is 14.6 Å². The molecule has 2 aromatic heterocycles. The minimum atomic E-state index is -0.0216. The van der Waals surface area contributed by atoms with Crippen LogP contribution in [-0.4, -0.2) is 20.4 Å². The third kappa shape index (κ3) is 2.32. The second kappa shape index (κ2) is 5.62. The normalized spacial score (nSPS) is 10.8. The van der Waals surface area contributed by atoms with Crippen molar-refractivity contribution in [3.05, 3.63) is 78.4 Å². The standard InChI is InChI=1S/C19H15N5/c20-17(21)15-11-12-16(13-7-3-1-4-8-13)24-19(15)22-18(23-24)14-9-5-2-6-10-14/h1-12H,(H3,20,21). The molecular formula is C19H15N5. The summed E-state index contributed by atoms with van der Waals surface area (Å²) in [6.45, 7) is 0. The van der Waals surface area contributed by atoms with Gasteiger partial charge in [0.15, 0.2) is 11.5 Å². The van der Waals surface area contributed by atoms with Crippen molar-refractivity contribution in [2.75, 3.05) is 0 Å². The van der Waals surface area contributed by atoms with Crippen LogP contribution in [0, 0.1) is 5.41 Å². The lowest BCUT2D eigenvalue weighted by Crippen LogP contribution is -2.13. The average molecular weight is 313 g/mol. The maximum Gasteiger partial charge on any atom is 0.182 e. The van der Waals surface area contributed by atoms with Crippen LogP contribution in [0.1, 0.15) is 5.56 Å². The van der Waals surface area contributed by atoms with E-state index >= 15 is 0 Å². The first kappa shape index (κ1) is 14.1. The summed E-state index contributed by atoms with van der Waals surface area (Å²) in [5.74, 6) is 0.591. The maximum atomic E-state index is 7.80. The molecule has 0 aliphatic heterocycles. The van der Waals surface area contributed by atoms with Crippen molar-refractivity contribution < 1.29 is 0 Å². The number of nitrogens with zero attached hydrogens (tertiary/aromatic N) is 3. The van der Waals surface area contributed by atoms with Crippen LogP contribution in [0.3, 0.4) is 0 Å². The summed E-state index contributed by atoms with van der Waals surface area (Å²) in [6, 6.07) is 23.5. The lowest BCUT2D eigenvalue weighted by molar-refractivity contribution is 0.972. The number of amidine groups is 1. The average Bonchev–Trinajstić information content (AvgIpc) is 3.07. The van der Waals surface area contributed by atoms with Gasteiger partial charge in [-0.15, -0.1) is 5.10 Å². The molecule has 0 fully saturated rings. The summed E-state index contributed by atoms with van der Waals surface area (Å²) in [6.07, 6.45) is 0. The molecule has 4 aromatic rings. The van der Waals surface area contributed by atoms with Crippen LogP contribution in [-0.2, 0) is 0 Å². The number of hydrogen-bond acceptors (Lipinski definition) is 3. The van der Waals surface area contributed by atoms with Crippen LogP contribution in [0.15, 0.2) is 72.8 Å². The number of nitrogen functional groups attached to an aromatic ring is 1. The summed E-state index contributed by atoms with van der Waals surface area (Å²) in [4.78, 5) is 4.62. The Bertz CT molecular complexity index is 1020. The van der Waals surface area contributed by atoms with E-state index in [1.165, 1.54) is 0 Å². The molecule has 0 aliphatic carbocycles. The fourth-order valence-electron chi connectivity index (χ4n) is 2.71. The van der Waals surface area contributed by atoms with Gasteiger partial charge in [-0.1, -0.05) is 60.7 Å². The summed E-state index contributed by atoms with van der Waals surface area (Å²) in [5, 5.41) is 12.5. The Morgan fingerprint density at radius 3 is 2.08 bits per heavy atom. The van der Waals surface area contributed by atoms with Gasteiger partial charge in [0.05, 0.1) is 11.3 Å². The van der Waals surface area contributed by atoms with Gasteiger partial charge < -0.3 is 5.73 Å². The van der Waals surface area contributed by atoms with Crippen LogP contribution in [0.5, 0.6) is 0 Å². The number of pyridine rings is 1. The van der Waals surface area contributed by atoms with E-state index in [1.54, 1.807) is 4.52 Å². The monoisotopic (exact) mass is 313 g/mol. The zero-order chi connectivity index (χ0) is 16.5. The second-order valence-corrected chi connectivity index (χ2v) is 5.45. The van der Waals surface area contributed by atoms with E-state index in [4.69, 9.17) is 11.1 Å². The molecule has 0 radical (unpaired) electrons. The minimum Gasteiger partial charge on any atom is -0.384 e. The van der Waals surface area contributed by atoms with Gasteiger partial charge in [0.1, 0.15) is 5.84 Å². The van der Waals surface area contributed by atoms with E-state index in [0.717, 1.165) is 16.8 Å². The van der Waals surface area contributed by atoms with E-state index in [2.05, 4.69) is 10.1 Å². The highest BCUT2D eigenvalue weighted by atomic mass is 15.3. The lowest BCUT2D eigenvalue weighted by Gasteiger charge is -2.07. The van der Waals surface area contributed by atoms with Gasteiger partial charge in [0.25, 0.3) is 0 Å². The predicted molar refractivity (Wildman–Crippen MR) is 94.9 cm³/mol. The van der Waals surface area contributed by atoms with Crippen molar-refractivity contribution in [3.8, 4) is 22.6 Å². The first-order valence-electron chi connectivity index (χ1n) is 7.59. The van der Waals surface area contributed by atoms with Crippen LogP contribution in [0.2, 0.25) is 0 Å². The number of benzene rings is 2. The Morgan fingerprint density at radius 2 is 1.46 bits per heavy atom. The highest BCUT2D eigenvalue weighted by Gasteiger charge is 2.15. The molecule has 24 heavy (non-hydrogen) atoms. The van der Waals surface area contributed by atoms with Crippen LogP contribution in [0.25, 0.3) is 28.3 Å². The second-order valence-electron chi connectivity index (χ2n) is 5.45. The molecule has 3 N–H and O–H groups in total. The van der Waals surface area contributed by atoms with Gasteiger partial charge in [-0.3, -0.25) is 5.41 Å². The molecule has 2 aromatic carbocycles. The van der Waals surface area contributed by atoms with Crippen molar-refractivity contribution in [3.63, 3.8) is 0 Å². The third-order valence-corrected chi connectivity index (χ3v) is 3.88. The van der Waals surface area contributed by atoms with Crippen molar-refractivity contribution in [1.29, 1.82) is 5.41 Å². The molecule has 2 heterocycles. The van der Waals surface area contributed by atoms with Gasteiger partial charge in [-0.25, -0.2) is 9.50 Å². The fraction of sp³-hybridized carbons (Fsp3) is 0. The molecular weight excluding hydrogens is 298 g/mol. The molecule has 0 saturated heterocycles. The molecule has 0 amide bonds. The summed E-state index contributed by atoms with van der Waals surface area (Å²) in [5.41, 5.74) is 9.74. The van der Waals surface area contributed by atoms with Crippen molar-refractivity contribution in [2.45, 2.75) is 0 Å². The zero-order valence-corrected chi connectivity index (χ0v) is 12.8. The van der Waals surface area contributed by atoms with E-state index in [9.17, 15) is 0 Å². The van der Waals surface area contributed by atoms with Gasteiger partial charge >= 0.3 is 0 Å². The fourth-order valence-corrected chi connectivity index (χ4v) is 2.71. The van der Waals surface area contributed by atoms with Crippen molar-refractivity contribution in [2.24, 2.45) is 5.73 Å². The highest BCUT2D eigenvalue weighted by molar-refractivity contribution is 6.01. The van der Waals surface area contributed by atoms with Crippen LogP contribution >= 0.6 is 0 Å². The summed E-state index contributed by atoms with van der Waals surface area (Å²) in [7, 11) is 0. The third-order valence-electron chi connectivity index (χ3n) is 3.88. The van der Waals surface area contributed by atoms with Crippen LogP contribution in [0.4, 0.5) is 0 Å². The van der Waals surface area contributed by atoms with E-state index in [1.807, 2.05) is 72.8 Å². The molecule has 5 nitrogen and oxygen atoms in total.